The zero-order chi connectivity index (χ0) is 67.7. The van der Waals surface area contributed by atoms with Crippen molar-refractivity contribution in [3.8, 4) is 62.1 Å². The third-order valence-electron chi connectivity index (χ3n) is 13.7. The predicted octanol–water partition coefficient (Wildman–Crippen LogP) is 17.4. The summed E-state index contributed by atoms with van der Waals surface area (Å²) in [6.07, 6.45) is 4.73. The Morgan fingerprint density at radius 2 is 1.27 bits per heavy atom. The van der Waals surface area contributed by atoms with E-state index in [0.29, 0.717) is 10.9 Å². The highest BCUT2D eigenvalue weighted by Crippen LogP contribution is 2.66. The summed E-state index contributed by atoms with van der Waals surface area (Å²) in [5, 5.41) is 0.387. The largest absolute Gasteiger partial charge is 0.457 e. The highest BCUT2D eigenvalue weighted by Gasteiger charge is 2.85. The first-order valence-electron chi connectivity index (χ1n) is 31.6. The second kappa shape index (κ2) is 17.5. The number of pyridine rings is 1. The Hall–Kier alpha value is -8.58. The average Bonchev–Trinajstić information content (AvgIpc) is 1.28. The van der Waals surface area contributed by atoms with Crippen molar-refractivity contribution in [1.29, 1.82) is 0 Å². The van der Waals surface area contributed by atoms with Crippen molar-refractivity contribution in [3.63, 3.8) is 0 Å². The van der Waals surface area contributed by atoms with Crippen LogP contribution in [0.1, 0.15) is 70.5 Å². The summed E-state index contributed by atoms with van der Waals surface area (Å²) in [5.41, 5.74) is -10.8. The van der Waals surface area contributed by atoms with Crippen LogP contribution in [0.3, 0.4) is 0 Å². The van der Waals surface area contributed by atoms with Gasteiger partial charge < -0.3 is 4.74 Å². The molecule has 0 amide bonds. The second-order valence-corrected chi connectivity index (χ2v) is 19.3. The van der Waals surface area contributed by atoms with Gasteiger partial charge in [-0.05, 0) is 112 Å². The van der Waals surface area contributed by atoms with Crippen LogP contribution in [0.2, 0.25) is 0 Å². The molecule has 0 fully saturated rings. The van der Waals surface area contributed by atoms with Gasteiger partial charge in [-0.3, -0.25) is 13.7 Å². The molecule has 11 aromatic rings. The molecule has 0 spiro atoms. The van der Waals surface area contributed by atoms with E-state index in [-0.39, 0.29) is 73.2 Å². The minimum atomic E-state index is -6.98. The van der Waals surface area contributed by atoms with Crippen LogP contribution in [0.25, 0.3) is 83.4 Å². The van der Waals surface area contributed by atoms with E-state index in [9.17, 15) is 0 Å². The van der Waals surface area contributed by atoms with Gasteiger partial charge in [0.05, 0.1) is 47.1 Å². The van der Waals surface area contributed by atoms with Gasteiger partial charge in [0.2, 0.25) is 0 Å². The molecule has 0 radical (unpaired) electrons. The van der Waals surface area contributed by atoms with Crippen molar-refractivity contribution in [2.45, 2.75) is 63.6 Å². The van der Waals surface area contributed by atoms with Gasteiger partial charge in [0.1, 0.15) is 17.3 Å². The molecule has 0 unspecified atom stereocenters. The fourth-order valence-electron chi connectivity index (χ4n) is 9.97. The van der Waals surface area contributed by atoms with E-state index in [4.69, 9.17) is 26.7 Å². The summed E-state index contributed by atoms with van der Waals surface area (Å²) < 4.78 is 279. The Labute approximate surface area is 460 Å². The molecular formula is C64H46F8N4O. The van der Waals surface area contributed by atoms with Crippen LogP contribution in [-0.4, -0.2) is 26.0 Å². The number of ether oxygens (including phenoxy) is 1. The molecule has 3 aromatic heterocycles. The van der Waals surface area contributed by atoms with Crippen LogP contribution in [-0.2, 0) is 17.3 Å². The lowest BCUT2D eigenvalue weighted by molar-refractivity contribution is -0.571. The fraction of sp³-hybridized carbons (Fsp3) is 0.156. The Morgan fingerprint density at radius 3 is 1.95 bits per heavy atom. The number of para-hydroxylation sites is 4. The van der Waals surface area contributed by atoms with Crippen LogP contribution in [0.5, 0.6) is 11.5 Å². The maximum Gasteiger partial charge on any atom is 0.382 e. The van der Waals surface area contributed by atoms with Gasteiger partial charge in [-0.1, -0.05) is 148 Å². The smallest absolute Gasteiger partial charge is 0.382 e. The Morgan fingerprint density at radius 1 is 0.623 bits per heavy atom. The molecule has 13 heteroatoms. The van der Waals surface area contributed by atoms with E-state index >= 15 is 35.1 Å². The Balaban J connectivity index is 1.16. The third kappa shape index (κ3) is 7.48. The fourth-order valence-corrected chi connectivity index (χ4v) is 9.97. The second-order valence-electron chi connectivity index (χ2n) is 19.3. The van der Waals surface area contributed by atoms with E-state index in [2.05, 4.69) is 11.3 Å². The zero-order valence-corrected chi connectivity index (χ0v) is 40.3. The molecule has 8 aromatic carbocycles. The molecule has 0 N–H and O–H groups in total. The zero-order valence-electron chi connectivity index (χ0n) is 56.3. The number of alkyl halides is 8. The Kier molecular flexibility index (Phi) is 7.76. The van der Waals surface area contributed by atoms with E-state index < -0.39 is 142 Å². The highest BCUT2D eigenvalue weighted by atomic mass is 19.4. The standard InChI is InChI=1S/C64H46F8N4O/c1-38-32-50-58(62(67,68)64(71,72)63(69,70)61(50,65)66)39(2)57(38)49-35-48-47-24-12-13-27-51(47)76(56-33-42(30-31-73-56)60(3,4)5)54(48)36-55(49)77-44-23-16-22-43(34-44)74-37-75(53-29-15-14-28-52(53)74)59-45(40-18-8-6-9-19-40)25-17-26-46(59)41-20-10-7-11-21-41/h6-36H,1-5H3/i1D3,2D3,6D,7D,8D,9D,10D,11D,18D,19D,20D,21D. The minimum Gasteiger partial charge on any atom is -0.457 e. The van der Waals surface area contributed by atoms with Crippen molar-refractivity contribution in [2.75, 3.05) is 0 Å². The Bertz CT molecular complexity index is 4870. The molecule has 0 aliphatic heterocycles. The summed E-state index contributed by atoms with van der Waals surface area (Å²) >= 11 is 0. The lowest BCUT2D eigenvalue weighted by Crippen LogP contribution is -2.64. The number of hydrogen-bond acceptors (Lipinski definition) is 2. The molecule has 5 nitrogen and oxygen atoms in total. The van der Waals surface area contributed by atoms with E-state index in [1.807, 2.05) is 20.8 Å². The van der Waals surface area contributed by atoms with Crippen LogP contribution < -0.4 is 9.30 Å². The summed E-state index contributed by atoms with van der Waals surface area (Å²) in [6, 6.07) is 21.2. The third-order valence-corrected chi connectivity index (χ3v) is 13.7. The van der Waals surface area contributed by atoms with Gasteiger partial charge >= 0.3 is 23.7 Å². The number of nitrogens with zero attached hydrogens (tertiary/aromatic N) is 4. The summed E-state index contributed by atoms with van der Waals surface area (Å²) in [6.45, 7) is -2.34. The lowest BCUT2D eigenvalue weighted by atomic mass is 9.75. The van der Waals surface area contributed by atoms with Crippen molar-refractivity contribution in [2.24, 2.45) is 0 Å². The highest BCUT2D eigenvalue weighted by molar-refractivity contribution is 6.11. The van der Waals surface area contributed by atoms with Crippen LogP contribution >= 0.6 is 0 Å². The van der Waals surface area contributed by atoms with Crippen molar-refractivity contribution in [3.05, 3.63) is 222 Å². The SMILES string of the molecule is [2H]c1c([2H])c([2H])c(-c2cccc(-c3c([2H])c([2H])c([2H])c([2H])c3[2H])c2-[n+]2[c-]n(-c3cccc(Oc4cc5c(cc4-c4c(C([2H])([2H])[2H])cc6c(c4C([2H])([2H])[2H])C(F)(F)C(F)(F)C(F)(F)C6(F)F)c4ccccc4n5-c4cc(C(C)(C)C)ccn4)c3)c3ccccc32)c([2H])c1[2H]. The normalized spacial score (nSPS) is 18.8. The van der Waals surface area contributed by atoms with Crippen molar-refractivity contribution >= 4 is 32.8 Å². The van der Waals surface area contributed by atoms with E-state index in [0.717, 1.165) is 11.6 Å². The molecule has 0 atom stereocenters. The molecule has 0 saturated carbocycles. The number of imidazole rings is 1. The first-order valence-corrected chi connectivity index (χ1v) is 23.6. The molecule has 0 saturated heterocycles. The molecule has 0 bridgehead atoms. The maximum atomic E-state index is 16.7. The number of halogens is 8. The van der Waals surface area contributed by atoms with Gasteiger partial charge in [-0.2, -0.15) is 35.1 Å². The van der Waals surface area contributed by atoms with E-state index in [1.165, 1.54) is 63.9 Å². The summed E-state index contributed by atoms with van der Waals surface area (Å²) in [4.78, 5) is 4.66. The van der Waals surface area contributed by atoms with Gasteiger partial charge in [0.25, 0.3) is 6.33 Å². The number of hydrogen-bond donors (Lipinski definition) is 0. The number of fused-ring (bicyclic) bond motifs is 5. The van der Waals surface area contributed by atoms with Gasteiger partial charge in [0, 0.05) is 48.0 Å². The van der Waals surface area contributed by atoms with Crippen LogP contribution in [0.4, 0.5) is 35.1 Å². The molecule has 12 rings (SSSR count). The molecular weight excluding hydrogens is 993 g/mol. The topological polar surface area (TPSA) is 35.9 Å². The van der Waals surface area contributed by atoms with Gasteiger partial charge in [-0.15, -0.1) is 0 Å². The summed E-state index contributed by atoms with van der Waals surface area (Å²) in [7, 11) is 0. The minimum absolute atomic E-state index is 0.0779. The quantitative estimate of drug-likeness (QED) is 0.0864. The number of aromatic nitrogens is 4. The number of aryl methyl sites for hydroxylation is 1. The molecule has 384 valence electrons. The average molecular weight is 1060 g/mol. The predicted molar refractivity (Wildman–Crippen MR) is 284 cm³/mol. The monoisotopic (exact) mass is 1050 g/mol. The lowest BCUT2D eigenvalue weighted by Gasteiger charge is -2.44. The summed E-state index contributed by atoms with van der Waals surface area (Å²) in [5.74, 6) is -27.2. The molecule has 1 aliphatic rings. The van der Waals surface area contributed by atoms with E-state index in [1.54, 1.807) is 65.2 Å². The molecule has 1 aliphatic carbocycles. The van der Waals surface area contributed by atoms with Gasteiger partial charge in [-0.25, -0.2) is 4.98 Å². The number of benzene rings is 8. The molecule has 3 heterocycles. The first kappa shape index (κ1) is 34.2. The maximum absolute atomic E-state index is 16.7. The van der Waals surface area contributed by atoms with Crippen LogP contribution in [0.15, 0.2) is 188 Å². The van der Waals surface area contributed by atoms with Crippen LogP contribution in [0, 0.1) is 20.0 Å². The van der Waals surface area contributed by atoms with Gasteiger partial charge in [0.15, 0.2) is 0 Å². The molecule has 77 heavy (non-hydrogen) atoms. The number of rotatable bonds is 8. The van der Waals surface area contributed by atoms with Crippen molar-refractivity contribution < 1.29 is 66.4 Å². The van der Waals surface area contributed by atoms with Crippen molar-refractivity contribution in [1.82, 2.24) is 14.1 Å². The first-order chi connectivity index (χ1) is 43.3.